The molecule has 0 radical (unpaired) electrons. The topological polar surface area (TPSA) is 64.4 Å². The van der Waals surface area contributed by atoms with Gasteiger partial charge in [-0.1, -0.05) is 5.16 Å². The second-order valence-electron chi connectivity index (χ2n) is 3.64. The van der Waals surface area contributed by atoms with E-state index in [1.54, 1.807) is 13.4 Å². The lowest BCUT2D eigenvalue weighted by Crippen LogP contribution is -2.27. The van der Waals surface area contributed by atoms with Gasteiger partial charge < -0.3 is 14.6 Å². The summed E-state index contributed by atoms with van der Waals surface area (Å²) < 4.78 is 9.67. The van der Waals surface area contributed by atoms with Gasteiger partial charge in [-0.3, -0.25) is 4.79 Å². The first-order valence-corrected chi connectivity index (χ1v) is 5.04. The lowest BCUT2D eigenvalue weighted by molar-refractivity contribution is 0.0927. The van der Waals surface area contributed by atoms with Gasteiger partial charge in [-0.25, -0.2) is 0 Å². The van der Waals surface area contributed by atoms with Gasteiger partial charge in [-0.05, 0) is 18.8 Å². The van der Waals surface area contributed by atoms with E-state index in [2.05, 4.69) is 10.5 Å². The summed E-state index contributed by atoms with van der Waals surface area (Å²) in [5.74, 6) is 0.294. The van der Waals surface area contributed by atoms with Crippen LogP contribution in [0.1, 0.15) is 34.8 Å². The summed E-state index contributed by atoms with van der Waals surface area (Å²) in [6.45, 7) is 0.995. The average molecular weight is 210 g/mol. The van der Waals surface area contributed by atoms with Gasteiger partial charge in [0.05, 0.1) is 6.61 Å². The highest BCUT2D eigenvalue weighted by molar-refractivity contribution is 5.93. The molecule has 0 bridgehead atoms. The lowest BCUT2D eigenvalue weighted by Gasteiger charge is -2.02. The molecule has 0 aliphatic heterocycles. The highest BCUT2D eigenvalue weighted by Gasteiger charge is 2.30. The minimum absolute atomic E-state index is 0.178. The maximum atomic E-state index is 11.6. The molecule has 1 aliphatic carbocycles. The molecule has 2 rings (SSSR count). The zero-order chi connectivity index (χ0) is 10.7. The Morgan fingerprint density at radius 3 is 3.20 bits per heavy atom. The van der Waals surface area contributed by atoms with Gasteiger partial charge in [0, 0.05) is 19.2 Å². The molecule has 5 heteroatoms. The molecule has 1 N–H and O–H groups in total. The third-order valence-corrected chi connectivity index (χ3v) is 2.42. The molecule has 1 fully saturated rings. The monoisotopic (exact) mass is 210 g/mol. The highest BCUT2D eigenvalue weighted by atomic mass is 16.5. The average Bonchev–Trinajstić information content (AvgIpc) is 2.96. The van der Waals surface area contributed by atoms with Crippen LogP contribution < -0.4 is 5.32 Å². The van der Waals surface area contributed by atoms with Crippen molar-refractivity contribution in [3.8, 4) is 0 Å². The van der Waals surface area contributed by atoms with Crippen LogP contribution in [-0.2, 0) is 4.74 Å². The van der Waals surface area contributed by atoms with Gasteiger partial charge >= 0.3 is 0 Å². The van der Waals surface area contributed by atoms with E-state index in [4.69, 9.17) is 9.26 Å². The molecule has 5 nitrogen and oxygen atoms in total. The van der Waals surface area contributed by atoms with Crippen molar-refractivity contribution >= 4 is 5.91 Å². The summed E-state index contributed by atoms with van der Waals surface area (Å²) in [5, 5.41) is 6.45. The number of ether oxygens (including phenoxy) is 1. The number of hydrogen-bond acceptors (Lipinski definition) is 4. The van der Waals surface area contributed by atoms with Crippen molar-refractivity contribution in [3.05, 3.63) is 17.5 Å². The Balaban J connectivity index is 1.95. The van der Waals surface area contributed by atoms with Gasteiger partial charge in [0.25, 0.3) is 5.91 Å². The Hall–Kier alpha value is -1.36. The van der Waals surface area contributed by atoms with Crippen molar-refractivity contribution in [1.29, 1.82) is 0 Å². The predicted octanol–water partition coefficient (Wildman–Crippen LogP) is 0.928. The lowest BCUT2D eigenvalue weighted by atomic mass is 10.1. The fourth-order valence-electron chi connectivity index (χ4n) is 1.45. The molecule has 0 aromatic carbocycles. The van der Waals surface area contributed by atoms with Crippen molar-refractivity contribution in [1.82, 2.24) is 10.5 Å². The molecule has 1 aliphatic rings. The number of carbonyl (C=O) groups excluding carboxylic acids is 1. The Labute approximate surface area is 87.8 Å². The standard InChI is InChI=1S/C10H14N2O3/c1-14-5-4-11-10(13)9-8(6-15-12-9)7-2-3-7/h6-7H,2-5H2,1H3,(H,11,13). The summed E-state index contributed by atoms with van der Waals surface area (Å²) in [7, 11) is 1.60. The Bertz CT molecular complexity index is 344. The number of nitrogens with zero attached hydrogens (tertiary/aromatic N) is 1. The van der Waals surface area contributed by atoms with E-state index in [9.17, 15) is 4.79 Å². The van der Waals surface area contributed by atoms with E-state index in [0.29, 0.717) is 24.8 Å². The number of aromatic nitrogens is 1. The van der Waals surface area contributed by atoms with Crippen LogP contribution in [-0.4, -0.2) is 31.3 Å². The molecule has 0 saturated heterocycles. The van der Waals surface area contributed by atoms with E-state index in [1.165, 1.54) is 0 Å². The molecule has 15 heavy (non-hydrogen) atoms. The molecule has 1 aromatic heterocycles. The molecular weight excluding hydrogens is 196 g/mol. The number of rotatable bonds is 5. The van der Waals surface area contributed by atoms with Gasteiger partial charge in [-0.15, -0.1) is 0 Å². The maximum Gasteiger partial charge on any atom is 0.273 e. The first-order chi connectivity index (χ1) is 7.33. The van der Waals surface area contributed by atoms with E-state index < -0.39 is 0 Å². The zero-order valence-corrected chi connectivity index (χ0v) is 8.66. The Kier molecular flexibility index (Phi) is 3.01. The van der Waals surface area contributed by atoms with Crippen molar-refractivity contribution < 1.29 is 14.1 Å². The van der Waals surface area contributed by atoms with Crippen LogP contribution in [0.2, 0.25) is 0 Å². The number of hydrogen-bond donors (Lipinski definition) is 1. The normalized spacial score (nSPS) is 15.3. The smallest absolute Gasteiger partial charge is 0.273 e. The van der Waals surface area contributed by atoms with Crippen molar-refractivity contribution in [2.75, 3.05) is 20.3 Å². The third kappa shape index (κ3) is 2.36. The van der Waals surface area contributed by atoms with Gasteiger partial charge in [0.15, 0.2) is 5.69 Å². The van der Waals surface area contributed by atoms with Crippen LogP contribution in [0, 0.1) is 0 Å². The predicted molar refractivity (Wildman–Crippen MR) is 52.7 cm³/mol. The molecule has 1 heterocycles. The van der Waals surface area contributed by atoms with E-state index in [0.717, 1.165) is 18.4 Å². The fraction of sp³-hybridized carbons (Fsp3) is 0.600. The summed E-state index contributed by atoms with van der Waals surface area (Å²) in [6.07, 6.45) is 3.82. The molecule has 1 saturated carbocycles. The van der Waals surface area contributed by atoms with Gasteiger partial charge in [0.2, 0.25) is 0 Å². The Morgan fingerprint density at radius 2 is 2.53 bits per heavy atom. The van der Waals surface area contributed by atoms with Gasteiger partial charge in [0.1, 0.15) is 6.26 Å². The number of carbonyl (C=O) groups is 1. The zero-order valence-electron chi connectivity index (χ0n) is 8.66. The second kappa shape index (κ2) is 4.44. The van der Waals surface area contributed by atoms with Crippen molar-refractivity contribution in [2.45, 2.75) is 18.8 Å². The number of methoxy groups -OCH3 is 1. The molecule has 0 unspecified atom stereocenters. The summed E-state index contributed by atoms with van der Waals surface area (Å²) in [4.78, 5) is 11.6. The number of nitrogens with one attached hydrogen (secondary N) is 1. The van der Waals surface area contributed by atoms with Crippen molar-refractivity contribution in [3.63, 3.8) is 0 Å². The van der Waals surface area contributed by atoms with Crippen LogP contribution in [0.5, 0.6) is 0 Å². The van der Waals surface area contributed by atoms with Gasteiger partial charge in [-0.2, -0.15) is 0 Å². The van der Waals surface area contributed by atoms with Crippen LogP contribution in [0.25, 0.3) is 0 Å². The highest BCUT2D eigenvalue weighted by Crippen LogP contribution is 2.41. The second-order valence-corrected chi connectivity index (χ2v) is 3.64. The van der Waals surface area contributed by atoms with E-state index >= 15 is 0 Å². The van der Waals surface area contributed by atoms with Crippen LogP contribution in [0.15, 0.2) is 10.8 Å². The minimum atomic E-state index is -0.178. The Morgan fingerprint density at radius 1 is 1.73 bits per heavy atom. The first kappa shape index (κ1) is 10.2. The fourth-order valence-corrected chi connectivity index (χ4v) is 1.45. The summed E-state index contributed by atoms with van der Waals surface area (Å²) in [5.41, 5.74) is 1.36. The van der Waals surface area contributed by atoms with Crippen molar-refractivity contribution in [2.24, 2.45) is 0 Å². The molecular formula is C10H14N2O3. The molecule has 0 atom stereocenters. The first-order valence-electron chi connectivity index (χ1n) is 5.04. The molecule has 1 aromatic rings. The quantitative estimate of drug-likeness (QED) is 0.734. The van der Waals surface area contributed by atoms with Crippen LogP contribution >= 0.6 is 0 Å². The largest absolute Gasteiger partial charge is 0.383 e. The van der Waals surface area contributed by atoms with Crippen LogP contribution in [0.3, 0.4) is 0 Å². The third-order valence-electron chi connectivity index (χ3n) is 2.42. The number of amides is 1. The maximum absolute atomic E-state index is 11.6. The SMILES string of the molecule is COCCNC(=O)c1nocc1C1CC1. The van der Waals surface area contributed by atoms with Crippen LogP contribution in [0.4, 0.5) is 0 Å². The van der Waals surface area contributed by atoms with E-state index in [1.807, 2.05) is 0 Å². The molecule has 82 valence electrons. The summed E-state index contributed by atoms with van der Waals surface area (Å²) >= 11 is 0. The molecule has 0 spiro atoms. The molecule has 1 amide bonds. The summed E-state index contributed by atoms with van der Waals surface area (Å²) in [6, 6.07) is 0. The minimum Gasteiger partial charge on any atom is -0.383 e. The van der Waals surface area contributed by atoms with E-state index in [-0.39, 0.29) is 5.91 Å².